The van der Waals surface area contributed by atoms with E-state index >= 15 is 0 Å². The average Bonchev–Trinajstić information content (AvgIpc) is 2.44. The van der Waals surface area contributed by atoms with Crippen LogP contribution in [0.4, 0.5) is 0 Å². The fourth-order valence-corrected chi connectivity index (χ4v) is 2.90. The van der Waals surface area contributed by atoms with Crippen LogP contribution < -0.4 is 5.32 Å². The predicted octanol–water partition coefficient (Wildman–Crippen LogP) is 4.22. The van der Waals surface area contributed by atoms with Crippen molar-refractivity contribution in [1.29, 1.82) is 0 Å². The number of nitrogens with zero attached hydrogens (tertiary/aromatic N) is 1. The number of nitrogens with one attached hydrogen (secondary N) is 1. The third-order valence-electron chi connectivity index (χ3n) is 3.64. The van der Waals surface area contributed by atoms with Gasteiger partial charge in [0.05, 0.1) is 0 Å². The van der Waals surface area contributed by atoms with Crippen LogP contribution in [0.2, 0.25) is 0 Å². The second-order valence-electron chi connectivity index (χ2n) is 4.94. The molecule has 0 saturated carbocycles. The predicted molar refractivity (Wildman–Crippen MR) is 87.6 cm³/mol. The van der Waals surface area contributed by atoms with Crippen molar-refractivity contribution in [2.45, 2.75) is 39.2 Å². The number of rotatable bonds is 9. The van der Waals surface area contributed by atoms with Crippen LogP contribution in [0.1, 0.15) is 44.7 Å². The molecule has 0 aliphatic heterocycles. The molecular formula is C16H27BrN2. The molecule has 1 unspecified atom stereocenters. The normalized spacial score (nSPS) is 12.9. The first kappa shape index (κ1) is 16.7. The first-order chi connectivity index (χ1) is 9.22. The molecule has 0 fully saturated rings. The van der Waals surface area contributed by atoms with Gasteiger partial charge in [-0.2, -0.15) is 0 Å². The van der Waals surface area contributed by atoms with Gasteiger partial charge < -0.3 is 10.2 Å². The molecule has 0 saturated heterocycles. The van der Waals surface area contributed by atoms with E-state index < -0.39 is 0 Å². The molecule has 0 bridgehead atoms. The molecule has 0 radical (unpaired) electrons. The van der Waals surface area contributed by atoms with Crippen LogP contribution in [0.15, 0.2) is 28.7 Å². The lowest BCUT2D eigenvalue weighted by molar-refractivity contribution is 0.267. The van der Waals surface area contributed by atoms with E-state index in [1.807, 2.05) is 7.05 Å². The van der Waals surface area contributed by atoms with Crippen LogP contribution in [0.25, 0.3) is 0 Å². The van der Waals surface area contributed by atoms with E-state index in [1.165, 1.54) is 29.4 Å². The van der Waals surface area contributed by atoms with Crippen molar-refractivity contribution >= 4 is 15.9 Å². The summed E-state index contributed by atoms with van der Waals surface area (Å²) < 4.78 is 1.20. The molecule has 0 aliphatic rings. The van der Waals surface area contributed by atoms with Crippen LogP contribution in [-0.2, 0) is 0 Å². The highest BCUT2D eigenvalue weighted by molar-refractivity contribution is 9.10. The SMILES string of the molecule is CCCCN(CC)CCC(NC)c1ccccc1Br. The number of benzene rings is 1. The number of unbranched alkanes of at least 4 members (excludes halogenated alkanes) is 1. The lowest BCUT2D eigenvalue weighted by Gasteiger charge is -2.24. The molecule has 0 heterocycles. The van der Waals surface area contributed by atoms with E-state index in [0.29, 0.717) is 6.04 Å². The van der Waals surface area contributed by atoms with E-state index in [1.54, 1.807) is 0 Å². The Labute approximate surface area is 126 Å². The molecule has 0 aliphatic carbocycles. The summed E-state index contributed by atoms with van der Waals surface area (Å²) in [4.78, 5) is 2.55. The maximum absolute atomic E-state index is 3.65. The summed E-state index contributed by atoms with van der Waals surface area (Å²) in [6, 6.07) is 8.92. The van der Waals surface area contributed by atoms with Crippen LogP contribution in [0.5, 0.6) is 0 Å². The van der Waals surface area contributed by atoms with Gasteiger partial charge in [-0.1, -0.05) is 54.4 Å². The van der Waals surface area contributed by atoms with Crippen LogP contribution in [0.3, 0.4) is 0 Å². The third kappa shape index (κ3) is 5.64. The van der Waals surface area contributed by atoms with Crippen molar-refractivity contribution < 1.29 is 0 Å². The molecule has 3 heteroatoms. The summed E-state index contributed by atoms with van der Waals surface area (Å²) in [7, 11) is 2.05. The Morgan fingerprint density at radius 2 is 1.95 bits per heavy atom. The Kier molecular flexibility index (Phi) is 8.35. The molecule has 19 heavy (non-hydrogen) atoms. The summed E-state index contributed by atoms with van der Waals surface area (Å²) >= 11 is 3.65. The van der Waals surface area contributed by atoms with Crippen LogP contribution >= 0.6 is 15.9 Å². The van der Waals surface area contributed by atoms with E-state index in [0.717, 1.165) is 19.5 Å². The summed E-state index contributed by atoms with van der Waals surface area (Å²) in [5.41, 5.74) is 1.36. The monoisotopic (exact) mass is 326 g/mol. The average molecular weight is 327 g/mol. The highest BCUT2D eigenvalue weighted by Crippen LogP contribution is 2.25. The van der Waals surface area contributed by atoms with Gasteiger partial charge >= 0.3 is 0 Å². The fourth-order valence-electron chi connectivity index (χ4n) is 2.33. The second kappa shape index (κ2) is 9.51. The number of halogens is 1. The van der Waals surface area contributed by atoms with Gasteiger partial charge in [0.2, 0.25) is 0 Å². The zero-order valence-electron chi connectivity index (χ0n) is 12.5. The molecular weight excluding hydrogens is 300 g/mol. The summed E-state index contributed by atoms with van der Waals surface area (Å²) in [6.07, 6.45) is 3.72. The van der Waals surface area contributed by atoms with Gasteiger partial charge in [0.15, 0.2) is 0 Å². The maximum Gasteiger partial charge on any atom is 0.0340 e. The zero-order valence-corrected chi connectivity index (χ0v) is 14.0. The Balaban J connectivity index is 2.55. The van der Waals surface area contributed by atoms with Gasteiger partial charge in [-0.3, -0.25) is 0 Å². The van der Waals surface area contributed by atoms with Gasteiger partial charge in [0, 0.05) is 10.5 Å². The smallest absolute Gasteiger partial charge is 0.0340 e. The van der Waals surface area contributed by atoms with Gasteiger partial charge in [0.1, 0.15) is 0 Å². The van der Waals surface area contributed by atoms with Crippen LogP contribution in [0, 0.1) is 0 Å². The molecule has 2 nitrogen and oxygen atoms in total. The minimum atomic E-state index is 0.422. The van der Waals surface area contributed by atoms with Gasteiger partial charge in [-0.05, 0) is 51.2 Å². The summed E-state index contributed by atoms with van der Waals surface area (Å²) in [6.45, 7) is 8.03. The summed E-state index contributed by atoms with van der Waals surface area (Å²) in [5, 5.41) is 3.44. The highest BCUT2D eigenvalue weighted by Gasteiger charge is 2.13. The molecule has 1 N–H and O–H groups in total. The fraction of sp³-hybridized carbons (Fsp3) is 0.625. The summed E-state index contributed by atoms with van der Waals surface area (Å²) in [5.74, 6) is 0. The van der Waals surface area contributed by atoms with Crippen LogP contribution in [-0.4, -0.2) is 31.6 Å². The first-order valence-electron chi connectivity index (χ1n) is 7.36. The van der Waals surface area contributed by atoms with Crippen molar-refractivity contribution in [3.8, 4) is 0 Å². The van der Waals surface area contributed by atoms with Crippen molar-refractivity contribution in [2.24, 2.45) is 0 Å². The maximum atomic E-state index is 3.65. The highest BCUT2D eigenvalue weighted by atomic mass is 79.9. The largest absolute Gasteiger partial charge is 0.313 e. The van der Waals surface area contributed by atoms with Crippen molar-refractivity contribution in [2.75, 3.05) is 26.7 Å². The molecule has 1 atom stereocenters. The lowest BCUT2D eigenvalue weighted by Crippen LogP contribution is -2.29. The topological polar surface area (TPSA) is 15.3 Å². The van der Waals surface area contributed by atoms with Gasteiger partial charge in [-0.25, -0.2) is 0 Å². The Morgan fingerprint density at radius 1 is 1.21 bits per heavy atom. The van der Waals surface area contributed by atoms with E-state index in [2.05, 4.69) is 64.3 Å². The molecule has 1 aromatic rings. The van der Waals surface area contributed by atoms with Crippen molar-refractivity contribution in [1.82, 2.24) is 10.2 Å². The van der Waals surface area contributed by atoms with Crippen molar-refractivity contribution in [3.63, 3.8) is 0 Å². The standard InChI is InChI=1S/C16H27BrN2/c1-4-6-12-19(5-2)13-11-16(18-3)14-9-7-8-10-15(14)17/h7-10,16,18H,4-6,11-13H2,1-3H3. The van der Waals surface area contributed by atoms with Gasteiger partial charge in [0.25, 0.3) is 0 Å². The molecule has 1 rings (SSSR count). The van der Waals surface area contributed by atoms with E-state index in [-0.39, 0.29) is 0 Å². The number of hydrogen-bond acceptors (Lipinski definition) is 2. The molecule has 0 amide bonds. The molecule has 0 aromatic heterocycles. The number of hydrogen-bond donors (Lipinski definition) is 1. The van der Waals surface area contributed by atoms with E-state index in [4.69, 9.17) is 0 Å². The minimum absolute atomic E-state index is 0.422. The molecule has 1 aromatic carbocycles. The second-order valence-corrected chi connectivity index (χ2v) is 5.79. The quantitative estimate of drug-likeness (QED) is 0.730. The zero-order chi connectivity index (χ0) is 14.1. The Morgan fingerprint density at radius 3 is 2.53 bits per heavy atom. The van der Waals surface area contributed by atoms with Crippen molar-refractivity contribution in [3.05, 3.63) is 34.3 Å². The third-order valence-corrected chi connectivity index (χ3v) is 4.36. The Hall–Kier alpha value is -0.380. The first-order valence-corrected chi connectivity index (χ1v) is 8.16. The van der Waals surface area contributed by atoms with Gasteiger partial charge in [-0.15, -0.1) is 0 Å². The minimum Gasteiger partial charge on any atom is -0.313 e. The molecule has 108 valence electrons. The lowest BCUT2D eigenvalue weighted by atomic mass is 10.0. The Bertz CT molecular complexity index is 354. The van der Waals surface area contributed by atoms with E-state index in [9.17, 15) is 0 Å². The molecule has 0 spiro atoms.